The smallest absolute Gasteiger partial charge is 0.325 e. The summed E-state index contributed by atoms with van der Waals surface area (Å²) in [7, 11) is 2.89. The summed E-state index contributed by atoms with van der Waals surface area (Å²) in [5, 5.41) is 3.40. The Labute approximate surface area is 201 Å². The average molecular weight is 467 g/mol. The number of esters is 1. The van der Waals surface area contributed by atoms with Crippen molar-refractivity contribution in [3.63, 3.8) is 0 Å². The molecule has 4 rings (SSSR count). The fourth-order valence-electron chi connectivity index (χ4n) is 4.78. The fraction of sp³-hybridized carbons (Fsp3) is 0.500. The number of carbonyl (C=O) groups excluding carboxylic acids is 2. The van der Waals surface area contributed by atoms with Gasteiger partial charge < -0.3 is 19.7 Å². The van der Waals surface area contributed by atoms with Gasteiger partial charge in [0, 0.05) is 18.8 Å². The number of carbonyl (C=O) groups is 2. The van der Waals surface area contributed by atoms with Gasteiger partial charge in [-0.1, -0.05) is 18.2 Å². The van der Waals surface area contributed by atoms with Gasteiger partial charge in [-0.05, 0) is 69.0 Å². The van der Waals surface area contributed by atoms with E-state index in [-0.39, 0.29) is 18.4 Å². The van der Waals surface area contributed by atoms with Gasteiger partial charge >= 0.3 is 5.97 Å². The van der Waals surface area contributed by atoms with E-state index in [9.17, 15) is 9.59 Å². The molecule has 1 fully saturated rings. The molecule has 0 saturated carbocycles. The molecule has 0 unspecified atom stereocenters. The number of aromatic nitrogens is 1. The van der Waals surface area contributed by atoms with Crippen LogP contribution in [0.2, 0.25) is 0 Å². The molecule has 1 atom stereocenters. The highest BCUT2D eigenvalue weighted by molar-refractivity contribution is 6.00. The van der Waals surface area contributed by atoms with Crippen molar-refractivity contribution in [2.24, 2.45) is 5.92 Å². The van der Waals surface area contributed by atoms with E-state index in [0.717, 1.165) is 63.3 Å². The van der Waals surface area contributed by atoms with Crippen LogP contribution in [-0.4, -0.2) is 68.7 Å². The van der Waals surface area contributed by atoms with E-state index in [1.165, 1.54) is 17.6 Å². The molecule has 0 spiro atoms. The van der Waals surface area contributed by atoms with Crippen molar-refractivity contribution in [1.29, 1.82) is 0 Å². The monoisotopic (exact) mass is 466 g/mol. The molecule has 1 aromatic heterocycles. The molecule has 1 saturated heterocycles. The molecule has 2 aromatic rings. The Morgan fingerprint density at radius 1 is 1.21 bits per heavy atom. The van der Waals surface area contributed by atoms with Crippen LogP contribution in [0.5, 0.6) is 5.75 Å². The van der Waals surface area contributed by atoms with Crippen LogP contribution < -0.4 is 15.0 Å². The van der Waals surface area contributed by atoms with Gasteiger partial charge in [-0.2, -0.15) is 0 Å². The molecule has 1 amide bonds. The molecule has 8 nitrogen and oxygen atoms in total. The second-order valence-corrected chi connectivity index (χ2v) is 8.90. The highest BCUT2D eigenvalue weighted by Gasteiger charge is 2.33. The number of likely N-dealkylation sites (tertiary alicyclic amines) is 1. The van der Waals surface area contributed by atoms with Crippen LogP contribution in [0.1, 0.15) is 30.5 Å². The minimum atomic E-state index is -0.457. The van der Waals surface area contributed by atoms with Gasteiger partial charge in [-0.15, -0.1) is 0 Å². The van der Waals surface area contributed by atoms with E-state index in [2.05, 4.69) is 22.3 Å². The highest BCUT2D eigenvalue weighted by Crippen LogP contribution is 2.30. The minimum Gasteiger partial charge on any atom is -0.495 e. The Morgan fingerprint density at radius 2 is 2.06 bits per heavy atom. The van der Waals surface area contributed by atoms with E-state index >= 15 is 0 Å². The summed E-state index contributed by atoms with van der Waals surface area (Å²) in [6.07, 6.45) is 4.94. The summed E-state index contributed by atoms with van der Waals surface area (Å²) in [6, 6.07) is 11.6. The third-order valence-electron chi connectivity index (χ3n) is 6.64. The normalized spacial score (nSPS) is 17.5. The number of nitrogens with zero attached hydrogens (tertiary/aromatic N) is 3. The van der Waals surface area contributed by atoms with Crippen molar-refractivity contribution in [2.45, 2.75) is 32.1 Å². The van der Waals surface area contributed by atoms with Gasteiger partial charge in [0.15, 0.2) is 0 Å². The predicted octanol–water partition coefficient (Wildman–Crippen LogP) is 2.91. The van der Waals surface area contributed by atoms with E-state index in [1.54, 1.807) is 19.2 Å². The van der Waals surface area contributed by atoms with Crippen LogP contribution in [0, 0.1) is 5.92 Å². The van der Waals surface area contributed by atoms with E-state index in [1.807, 2.05) is 12.1 Å². The Hall–Kier alpha value is -3.13. The molecule has 1 aromatic carbocycles. The highest BCUT2D eigenvalue weighted by atomic mass is 16.5. The third-order valence-corrected chi connectivity index (χ3v) is 6.64. The number of rotatable bonds is 9. The number of aryl methyl sites for hydroxylation is 2. The number of anilines is 2. The van der Waals surface area contributed by atoms with Crippen LogP contribution in [0.4, 0.5) is 11.5 Å². The lowest BCUT2D eigenvalue weighted by Crippen LogP contribution is -2.41. The van der Waals surface area contributed by atoms with Gasteiger partial charge in [-0.3, -0.25) is 14.5 Å². The third kappa shape index (κ3) is 5.67. The Balaban J connectivity index is 1.34. The molecule has 8 heteroatoms. The average Bonchev–Trinajstić information content (AvgIpc) is 3.35. The Morgan fingerprint density at radius 3 is 2.88 bits per heavy atom. The number of ether oxygens (including phenoxy) is 2. The maximum absolute atomic E-state index is 13.5. The van der Waals surface area contributed by atoms with Crippen LogP contribution in [0.25, 0.3) is 0 Å². The first kappa shape index (κ1) is 24.0. The number of hydrogen-bond donors (Lipinski definition) is 1. The Kier molecular flexibility index (Phi) is 8.00. The van der Waals surface area contributed by atoms with E-state index < -0.39 is 5.97 Å². The van der Waals surface area contributed by atoms with Gasteiger partial charge in [0.2, 0.25) is 5.91 Å². The first-order valence-corrected chi connectivity index (χ1v) is 12.0. The van der Waals surface area contributed by atoms with Crippen molar-refractivity contribution in [2.75, 3.05) is 57.2 Å². The number of fused-ring (bicyclic) bond motifs is 1. The minimum absolute atomic E-state index is 0.0696. The lowest BCUT2D eigenvalue weighted by Gasteiger charge is -2.26. The molecular weight excluding hydrogens is 432 g/mol. The number of amides is 1. The molecular formula is C26H34N4O4. The largest absolute Gasteiger partial charge is 0.495 e. The van der Waals surface area contributed by atoms with Crippen molar-refractivity contribution in [1.82, 2.24) is 9.88 Å². The lowest BCUT2D eigenvalue weighted by atomic mass is 10.1. The SMILES string of the molecule is COC(=O)CN(C(=O)[C@H]1CCN(CCCc2ccc3c(n2)NCCC3)C1)c1ccccc1OC. The number of para-hydroxylation sites is 2. The first-order chi connectivity index (χ1) is 16.6. The molecule has 34 heavy (non-hydrogen) atoms. The van der Waals surface area contributed by atoms with Crippen molar-refractivity contribution in [3.8, 4) is 5.75 Å². The second-order valence-electron chi connectivity index (χ2n) is 8.90. The maximum Gasteiger partial charge on any atom is 0.325 e. The molecule has 1 N–H and O–H groups in total. The van der Waals surface area contributed by atoms with Crippen molar-refractivity contribution < 1.29 is 19.1 Å². The van der Waals surface area contributed by atoms with Crippen LogP contribution in [0.3, 0.4) is 0 Å². The van der Waals surface area contributed by atoms with Crippen LogP contribution >= 0.6 is 0 Å². The zero-order valence-electron chi connectivity index (χ0n) is 20.1. The fourth-order valence-corrected chi connectivity index (χ4v) is 4.78. The summed E-state index contributed by atoms with van der Waals surface area (Å²) in [5.74, 6) is 0.904. The molecule has 3 heterocycles. The predicted molar refractivity (Wildman–Crippen MR) is 131 cm³/mol. The van der Waals surface area contributed by atoms with Crippen LogP contribution in [0.15, 0.2) is 36.4 Å². The van der Waals surface area contributed by atoms with Gasteiger partial charge in [0.25, 0.3) is 0 Å². The Bertz CT molecular complexity index is 1010. The summed E-state index contributed by atoms with van der Waals surface area (Å²) >= 11 is 0. The topological polar surface area (TPSA) is 84.0 Å². The van der Waals surface area contributed by atoms with Crippen molar-refractivity contribution >= 4 is 23.4 Å². The first-order valence-electron chi connectivity index (χ1n) is 12.0. The maximum atomic E-state index is 13.5. The number of nitrogens with one attached hydrogen (secondary N) is 1. The van der Waals surface area contributed by atoms with E-state index in [4.69, 9.17) is 14.5 Å². The molecule has 0 radical (unpaired) electrons. The second kappa shape index (κ2) is 11.3. The van der Waals surface area contributed by atoms with Crippen LogP contribution in [-0.2, 0) is 27.2 Å². The molecule has 0 bridgehead atoms. The molecule has 182 valence electrons. The zero-order chi connectivity index (χ0) is 23.9. The standard InChI is InChI=1S/C26H34N4O4/c1-33-23-10-4-3-9-22(23)30(18-24(31)34-2)26(32)20-13-16-29(17-20)15-6-8-21-12-11-19-7-5-14-27-25(19)28-21/h3-4,9-12,20H,5-8,13-18H2,1-2H3,(H,27,28)/t20-/m0/s1. The zero-order valence-corrected chi connectivity index (χ0v) is 20.1. The number of pyridine rings is 1. The van der Waals surface area contributed by atoms with Gasteiger partial charge in [-0.25, -0.2) is 4.98 Å². The van der Waals surface area contributed by atoms with Crippen molar-refractivity contribution in [3.05, 3.63) is 47.7 Å². The molecule has 2 aliphatic heterocycles. The quantitative estimate of drug-likeness (QED) is 0.569. The summed E-state index contributed by atoms with van der Waals surface area (Å²) in [5.41, 5.74) is 3.01. The van der Waals surface area contributed by atoms with Gasteiger partial charge in [0.1, 0.15) is 18.1 Å². The number of hydrogen-bond acceptors (Lipinski definition) is 7. The summed E-state index contributed by atoms with van der Waals surface area (Å²) < 4.78 is 10.3. The molecule has 2 aliphatic rings. The molecule has 0 aliphatic carbocycles. The van der Waals surface area contributed by atoms with E-state index in [0.29, 0.717) is 18.0 Å². The number of benzene rings is 1. The van der Waals surface area contributed by atoms with Gasteiger partial charge in [0.05, 0.1) is 25.8 Å². The number of methoxy groups -OCH3 is 2. The lowest BCUT2D eigenvalue weighted by molar-refractivity contribution is -0.140. The summed E-state index contributed by atoms with van der Waals surface area (Å²) in [4.78, 5) is 34.1. The summed E-state index contributed by atoms with van der Waals surface area (Å²) in [6.45, 7) is 3.33.